The van der Waals surface area contributed by atoms with Gasteiger partial charge < -0.3 is 9.83 Å². The standard InChI is InChI=1S/C18H16F3N3OS2/c1-2-3-13-8-12(6-7-22-13)17-23-15(10-26-17)11-4-5-14(16(25)9-11)24-27-18(19,20)21/h4-10,24-25H,2-3H2,1H3. The van der Waals surface area contributed by atoms with E-state index in [1.165, 1.54) is 23.5 Å². The normalized spacial score (nSPS) is 11.6. The number of phenolic OH excluding ortho intramolecular Hbond substituents is 1. The Morgan fingerprint density at radius 3 is 2.70 bits per heavy atom. The number of phenols is 1. The minimum atomic E-state index is -4.43. The summed E-state index contributed by atoms with van der Waals surface area (Å²) >= 11 is 1.04. The van der Waals surface area contributed by atoms with Crippen molar-refractivity contribution in [2.45, 2.75) is 25.3 Å². The molecule has 2 N–H and O–H groups in total. The minimum Gasteiger partial charge on any atom is -0.506 e. The molecule has 0 radical (unpaired) electrons. The second-order valence-corrected chi connectivity index (χ2v) is 7.43. The molecule has 0 fully saturated rings. The number of pyridine rings is 1. The van der Waals surface area contributed by atoms with E-state index in [-0.39, 0.29) is 11.4 Å². The topological polar surface area (TPSA) is 58.0 Å². The summed E-state index contributed by atoms with van der Waals surface area (Å²) in [4.78, 5) is 8.91. The van der Waals surface area contributed by atoms with E-state index < -0.39 is 17.5 Å². The van der Waals surface area contributed by atoms with Gasteiger partial charge in [-0.1, -0.05) is 19.4 Å². The zero-order valence-corrected chi connectivity index (χ0v) is 15.9. The molecule has 2 heterocycles. The molecule has 0 saturated carbocycles. The Kier molecular flexibility index (Phi) is 5.91. The third-order valence-electron chi connectivity index (χ3n) is 3.64. The number of thiazole rings is 1. The van der Waals surface area contributed by atoms with Crippen molar-refractivity contribution in [3.05, 3.63) is 47.6 Å². The summed E-state index contributed by atoms with van der Waals surface area (Å²) in [7, 11) is 0. The molecule has 0 spiro atoms. The van der Waals surface area contributed by atoms with Gasteiger partial charge in [0.1, 0.15) is 10.8 Å². The second-order valence-electron chi connectivity index (χ2n) is 5.71. The number of aryl methyl sites for hydroxylation is 1. The summed E-state index contributed by atoms with van der Waals surface area (Å²) in [6, 6.07) is 8.31. The lowest BCUT2D eigenvalue weighted by Crippen LogP contribution is -2.04. The second kappa shape index (κ2) is 8.18. The van der Waals surface area contributed by atoms with Gasteiger partial charge in [-0.25, -0.2) is 4.98 Å². The van der Waals surface area contributed by atoms with Gasteiger partial charge in [-0.05, 0) is 30.7 Å². The number of aromatic hydroxyl groups is 1. The van der Waals surface area contributed by atoms with Crippen LogP contribution in [0.15, 0.2) is 41.9 Å². The van der Waals surface area contributed by atoms with E-state index in [4.69, 9.17) is 0 Å². The van der Waals surface area contributed by atoms with Crippen LogP contribution in [0.5, 0.6) is 5.75 Å². The number of hydrogen-bond acceptors (Lipinski definition) is 6. The zero-order chi connectivity index (χ0) is 19.4. The third-order valence-corrected chi connectivity index (χ3v) is 5.09. The first kappa shape index (κ1) is 19.5. The lowest BCUT2D eigenvalue weighted by molar-refractivity contribution is -0.0323. The Labute approximate surface area is 162 Å². The van der Waals surface area contributed by atoms with Crippen molar-refractivity contribution in [3.63, 3.8) is 0 Å². The van der Waals surface area contributed by atoms with Crippen LogP contribution in [-0.4, -0.2) is 20.6 Å². The van der Waals surface area contributed by atoms with E-state index in [0.717, 1.165) is 29.1 Å². The van der Waals surface area contributed by atoms with Crippen molar-refractivity contribution >= 4 is 29.0 Å². The molecule has 4 nitrogen and oxygen atoms in total. The SMILES string of the molecule is CCCc1cc(-c2nc(-c3ccc(NSC(F)(F)F)c(O)c3)cs2)ccn1. The van der Waals surface area contributed by atoms with Crippen LogP contribution in [0.25, 0.3) is 21.8 Å². The van der Waals surface area contributed by atoms with Crippen molar-refractivity contribution in [1.82, 2.24) is 9.97 Å². The first-order valence-electron chi connectivity index (χ1n) is 8.10. The molecule has 0 saturated heterocycles. The molecule has 0 bridgehead atoms. The van der Waals surface area contributed by atoms with Crippen LogP contribution in [0.4, 0.5) is 18.9 Å². The molecule has 9 heteroatoms. The largest absolute Gasteiger partial charge is 0.506 e. The quantitative estimate of drug-likeness (QED) is 0.379. The fourth-order valence-electron chi connectivity index (χ4n) is 2.43. The van der Waals surface area contributed by atoms with E-state index in [1.807, 2.05) is 17.5 Å². The van der Waals surface area contributed by atoms with Gasteiger partial charge in [-0.15, -0.1) is 11.3 Å². The highest BCUT2D eigenvalue weighted by atomic mass is 32.2. The molecule has 1 aromatic carbocycles. The van der Waals surface area contributed by atoms with Crippen LogP contribution >= 0.6 is 23.3 Å². The predicted molar refractivity (Wildman–Crippen MR) is 104 cm³/mol. The molecule has 0 aliphatic heterocycles. The first-order chi connectivity index (χ1) is 12.9. The van der Waals surface area contributed by atoms with Crippen LogP contribution in [0.1, 0.15) is 19.0 Å². The van der Waals surface area contributed by atoms with Crippen molar-refractivity contribution in [3.8, 4) is 27.6 Å². The third kappa shape index (κ3) is 5.14. The van der Waals surface area contributed by atoms with Crippen LogP contribution < -0.4 is 4.72 Å². The molecule has 0 aliphatic rings. The van der Waals surface area contributed by atoms with E-state index in [1.54, 1.807) is 12.3 Å². The summed E-state index contributed by atoms with van der Waals surface area (Å²) in [5.41, 5.74) is -1.20. The highest BCUT2D eigenvalue weighted by Gasteiger charge is 2.29. The molecule has 0 atom stereocenters. The fraction of sp³-hybridized carbons (Fsp3) is 0.222. The van der Waals surface area contributed by atoms with Gasteiger partial charge in [0, 0.05) is 28.4 Å². The highest BCUT2D eigenvalue weighted by molar-refractivity contribution is 8.01. The van der Waals surface area contributed by atoms with E-state index in [0.29, 0.717) is 11.3 Å². The van der Waals surface area contributed by atoms with E-state index in [2.05, 4.69) is 21.6 Å². The van der Waals surface area contributed by atoms with Gasteiger partial charge in [0.05, 0.1) is 23.3 Å². The molecule has 142 valence electrons. The fourth-order valence-corrected chi connectivity index (χ4v) is 3.66. The van der Waals surface area contributed by atoms with Crippen LogP contribution in [0.2, 0.25) is 0 Å². The summed E-state index contributed by atoms with van der Waals surface area (Å²) in [6.45, 7) is 2.09. The average Bonchev–Trinajstić information content (AvgIpc) is 3.10. The van der Waals surface area contributed by atoms with E-state index in [9.17, 15) is 18.3 Å². The number of rotatable bonds is 6. The molecule has 3 rings (SSSR count). The maximum absolute atomic E-state index is 12.3. The van der Waals surface area contributed by atoms with Crippen LogP contribution in [0.3, 0.4) is 0 Å². The highest BCUT2D eigenvalue weighted by Crippen LogP contribution is 2.37. The van der Waals surface area contributed by atoms with Crippen molar-refractivity contribution in [2.24, 2.45) is 0 Å². The Morgan fingerprint density at radius 2 is 2.00 bits per heavy atom. The number of nitrogens with one attached hydrogen (secondary N) is 1. The van der Waals surface area contributed by atoms with Crippen LogP contribution in [0, 0.1) is 0 Å². The molecule has 27 heavy (non-hydrogen) atoms. The number of benzene rings is 1. The maximum Gasteiger partial charge on any atom is 0.461 e. The molecule has 0 aliphatic carbocycles. The number of hydrogen-bond donors (Lipinski definition) is 2. The Morgan fingerprint density at radius 1 is 1.19 bits per heavy atom. The molecular formula is C18H16F3N3OS2. The van der Waals surface area contributed by atoms with Gasteiger partial charge in [0.15, 0.2) is 0 Å². The monoisotopic (exact) mass is 411 g/mol. The van der Waals surface area contributed by atoms with Crippen molar-refractivity contribution in [2.75, 3.05) is 4.72 Å². The average molecular weight is 411 g/mol. The summed E-state index contributed by atoms with van der Waals surface area (Å²) < 4.78 is 38.9. The molecule has 2 aromatic heterocycles. The summed E-state index contributed by atoms with van der Waals surface area (Å²) in [5.74, 6) is -0.270. The Bertz CT molecular complexity index is 928. The van der Waals surface area contributed by atoms with Crippen LogP contribution in [-0.2, 0) is 6.42 Å². The number of halogens is 3. The summed E-state index contributed by atoms with van der Waals surface area (Å²) in [5, 5.41) is 12.7. The zero-order valence-electron chi connectivity index (χ0n) is 14.2. The number of alkyl halides is 3. The smallest absolute Gasteiger partial charge is 0.461 e. The van der Waals surface area contributed by atoms with E-state index >= 15 is 0 Å². The molecular weight excluding hydrogens is 395 g/mol. The summed E-state index contributed by atoms with van der Waals surface area (Å²) in [6.07, 6.45) is 3.65. The lowest BCUT2D eigenvalue weighted by Gasteiger charge is -2.10. The lowest BCUT2D eigenvalue weighted by atomic mass is 10.1. The molecule has 0 unspecified atom stereocenters. The number of anilines is 1. The Hall–Kier alpha value is -2.26. The van der Waals surface area contributed by atoms with Gasteiger partial charge in [-0.3, -0.25) is 4.98 Å². The molecule has 0 amide bonds. The van der Waals surface area contributed by atoms with Crippen molar-refractivity contribution in [1.29, 1.82) is 0 Å². The predicted octanol–water partition coefficient (Wildman–Crippen LogP) is 6.11. The van der Waals surface area contributed by atoms with Crippen molar-refractivity contribution < 1.29 is 18.3 Å². The van der Waals surface area contributed by atoms with Gasteiger partial charge in [0.2, 0.25) is 0 Å². The minimum absolute atomic E-state index is 0.00475. The number of aromatic nitrogens is 2. The molecule has 3 aromatic rings. The first-order valence-corrected chi connectivity index (χ1v) is 9.80. The van der Waals surface area contributed by atoms with Gasteiger partial charge in [-0.2, -0.15) is 13.2 Å². The van der Waals surface area contributed by atoms with Gasteiger partial charge in [0.25, 0.3) is 0 Å². The Balaban J connectivity index is 1.80. The maximum atomic E-state index is 12.3. The number of nitrogens with zero attached hydrogens (tertiary/aromatic N) is 2. The van der Waals surface area contributed by atoms with Gasteiger partial charge >= 0.3 is 5.51 Å².